The first kappa shape index (κ1) is 13.4. The molecule has 1 N–H and O–H groups in total. The van der Waals surface area contributed by atoms with Crippen LogP contribution in [0.15, 0.2) is 53.3 Å². The normalized spacial score (nSPS) is 13.9. The first-order valence-electron chi connectivity index (χ1n) is 6.30. The quantitative estimate of drug-likeness (QED) is 0.800. The summed E-state index contributed by atoms with van der Waals surface area (Å²) in [6.45, 7) is 1.56. The Kier molecular flexibility index (Phi) is 3.23. The highest BCUT2D eigenvalue weighted by Gasteiger charge is 2.32. The fourth-order valence-corrected chi connectivity index (χ4v) is 1.94. The van der Waals surface area contributed by atoms with Crippen molar-refractivity contribution in [2.75, 3.05) is 0 Å². The molecule has 0 unspecified atom stereocenters. The Morgan fingerprint density at radius 3 is 2.43 bits per heavy atom. The van der Waals surface area contributed by atoms with E-state index in [0.29, 0.717) is 17.0 Å². The lowest BCUT2D eigenvalue weighted by molar-refractivity contribution is 0.0637. The van der Waals surface area contributed by atoms with Crippen LogP contribution >= 0.6 is 0 Å². The second-order valence-electron chi connectivity index (χ2n) is 4.74. The van der Waals surface area contributed by atoms with E-state index in [1.165, 1.54) is 12.1 Å². The van der Waals surface area contributed by atoms with E-state index in [2.05, 4.69) is 15.1 Å². The van der Waals surface area contributed by atoms with E-state index >= 15 is 0 Å². The van der Waals surface area contributed by atoms with Crippen LogP contribution in [0, 0.1) is 5.82 Å². The molecule has 3 aromatic rings. The average Bonchev–Trinajstić information content (AvgIpc) is 2.99. The van der Waals surface area contributed by atoms with Crippen molar-refractivity contribution in [2.45, 2.75) is 12.5 Å². The third kappa shape index (κ3) is 2.53. The SMILES string of the molecule is C[C@](O)(c1ccncc1)c1nc(-c2ccc(F)cc2)no1. The summed E-state index contributed by atoms with van der Waals surface area (Å²) in [7, 11) is 0. The molecule has 0 bridgehead atoms. The van der Waals surface area contributed by atoms with Crippen LogP contribution in [0.4, 0.5) is 4.39 Å². The van der Waals surface area contributed by atoms with E-state index in [9.17, 15) is 9.50 Å². The Morgan fingerprint density at radius 1 is 1.10 bits per heavy atom. The molecule has 6 heteroatoms. The molecule has 0 aliphatic heterocycles. The zero-order valence-electron chi connectivity index (χ0n) is 11.2. The predicted octanol–water partition coefficient (Wildman–Crippen LogP) is 2.53. The molecule has 0 spiro atoms. The molecular weight excluding hydrogens is 273 g/mol. The number of aromatic nitrogens is 3. The van der Waals surface area contributed by atoms with E-state index in [4.69, 9.17) is 4.52 Å². The van der Waals surface area contributed by atoms with Gasteiger partial charge in [0.15, 0.2) is 5.60 Å². The Morgan fingerprint density at radius 2 is 1.76 bits per heavy atom. The van der Waals surface area contributed by atoms with Crippen molar-refractivity contribution in [1.82, 2.24) is 15.1 Å². The standard InChI is InChI=1S/C15H12FN3O2/c1-15(20,11-6-8-17-9-7-11)14-18-13(19-21-14)10-2-4-12(16)5-3-10/h2-9,20H,1H3/t15-/m0/s1. The highest BCUT2D eigenvalue weighted by molar-refractivity contribution is 5.54. The van der Waals surface area contributed by atoms with Gasteiger partial charge in [-0.05, 0) is 48.9 Å². The van der Waals surface area contributed by atoms with Gasteiger partial charge >= 0.3 is 0 Å². The van der Waals surface area contributed by atoms with Crippen LogP contribution in [-0.4, -0.2) is 20.2 Å². The number of benzene rings is 1. The van der Waals surface area contributed by atoms with Gasteiger partial charge in [-0.25, -0.2) is 4.39 Å². The van der Waals surface area contributed by atoms with Crippen molar-refractivity contribution < 1.29 is 14.0 Å². The second-order valence-corrected chi connectivity index (χ2v) is 4.74. The van der Waals surface area contributed by atoms with E-state index in [-0.39, 0.29) is 11.7 Å². The number of aliphatic hydroxyl groups is 1. The van der Waals surface area contributed by atoms with Gasteiger partial charge in [-0.15, -0.1) is 0 Å². The van der Waals surface area contributed by atoms with Crippen LogP contribution in [0.25, 0.3) is 11.4 Å². The fourth-order valence-electron chi connectivity index (χ4n) is 1.94. The molecule has 1 aromatic carbocycles. The van der Waals surface area contributed by atoms with Crippen molar-refractivity contribution >= 4 is 0 Å². The maximum Gasteiger partial charge on any atom is 0.263 e. The Bertz CT molecular complexity index is 739. The number of nitrogens with zero attached hydrogens (tertiary/aromatic N) is 3. The Labute approximate surface area is 120 Å². The van der Waals surface area contributed by atoms with Crippen molar-refractivity contribution in [3.05, 3.63) is 66.1 Å². The Hall–Kier alpha value is -2.60. The first-order chi connectivity index (χ1) is 10.1. The minimum Gasteiger partial charge on any atom is -0.376 e. The molecule has 3 rings (SSSR count). The van der Waals surface area contributed by atoms with Gasteiger partial charge in [-0.3, -0.25) is 4.98 Å². The molecule has 0 amide bonds. The van der Waals surface area contributed by atoms with Crippen molar-refractivity contribution in [1.29, 1.82) is 0 Å². The van der Waals surface area contributed by atoms with Gasteiger partial charge in [0.05, 0.1) is 0 Å². The molecule has 0 aliphatic rings. The highest BCUT2D eigenvalue weighted by atomic mass is 19.1. The first-order valence-corrected chi connectivity index (χ1v) is 6.30. The van der Waals surface area contributed by atoms with Crippen molar-refractivity contribution in [2.24, 2.45) is 0 Å². The zero-order chi connectivity index (χ0) is 14.9. The van der Waals surface area contributed by atoms with Crippen LogP contribution in [0.2, 0.25) is 0 Å². The lowest BCUT2D eigenvalue weighted by atomic mass is 9.97. The molecule has 0 fully saturated rings. The van der Waals surface area contributed by atoms with E-state index < -0.39 is 5.60 Å². The smallest absolute Gasteiger partial charge is 0.263 e. The number of halogens is 1. The molecule has 2 heterocycles. The van der Waals surface area contributed by atoms with Crippen LogP contribution in [-0.2, 0) is 5.60 Å². The molecule has 0 aliphatic carbocycles. The largest absolute Gasteiger partial charge is 0.376 e. The summed E-state index contributed by atoms with van der Waals surface area (Å²) in [6.07, 6.45) is 3.14. The molecule has 0 radical (unpaired) electrons. The summed E-state index contributed by atoms with van der Waals surface area (Å²) in [4.78, 5) is 8.09. The summed E-state index contributed by atoms with van der Waals surface area (Å²) >= 11 is 0. The van der Waals surface area contributed by atoms with Crippen LogP contribution in [0.1, 0.15) is 18.4 Å². The number of rotatable bonds is 3. The van der Waals surface area contributed by atoms with Gasteiger partial charge in [0, 0.05) is 18.0 Å². The van der Waals surface area contributed by atoms with Crippen molar-refractivity contribution in [3.8, 4) is 11.4 Å². The predicted molar refractivity (Wildman–Crippen MR) is 72.6 cm³/mol. The maximum absolute atomic E-state index is 12.9. The van der Waals surface area contributed by atoms with E-state index in [1.54, 1.807) is 43.6 Å². The minimum absolute atomic E-state index is 0.0630. The summed E-state index contributed by atoms with van der Waals surface area (Å²) < 4.78 is 18.1. The molecule has 0 saturated carbocycles. The highest BCUT2D eigenvalue weighted by Crippen LogP contribution is 2.28. The number of hydrogen-bond donors (Lipinski definition) is 1. The van der Waals surface area contributed by atoms with Gasteiger partial charge in [0.25, 0.3) is 5.89 Å². The van der Waals surface area contributed by atoms with Crippen LogP contribution in [0.5, 0.6) is 0 Å². The molecule has 106 valence electrons. The molecular formula is C15H12FN3O2. The maximum atomic E-state index is 12.9. The summed E-state index contributed by atoms with van der Waals surface area (Å²) in [5.74, 6) is 0.0126. The minimum atomic E-state index is -1.42. The summed E-state index contributed by atoms with van der Waals surface area (Å²) in [6, 6.07) is 9.05. The molecule has 5 nitrogen and oxygen atoms in total. The summed E-state index contributed by atoms with van der Waals surface area (Å²) in [5, 5.41) is 14.4. The average molecular weight is 285 g/mol. The molecule has 1 atom stereocenters. The second kappa shape index (κ2) is 5.06. The van der Waals surface area contributed by atoms with Crippen molar-refractivity contribution in [3.63, 3.8) is 0 Å². The monoisotopic (exact) mass is 285 g/mol. The third-order valence-corrected chi connectivity index (χ3v) is 3.19. The lowest BCUT2D eigenvalue weighted by Gasteiger charge is -2.18. The molecule has 0 saturated heterocycles. The zero-order valence-corrected chi connectivity index (χ0v) is 11.2. The van der Waals surface area contributed by atoms with E-state index in [1.807, 2.05) is 0 Å². The number of pyridine rings is 1. The summed E-state index contributed by atoms with van der Waals surface area (Å²) in [5.41, 5.74) is -0.224. The van der Waals surface area contributed by atoms with Gasteiger partial charge in [-0.1, -0.05) is 5.16 Å². The van der Waals surface area contributed by atoms with Crippen LogP contribution < -0.4 is 0 Å². The van der Waals surface area contributed by atoms with E-state index in [0.717, 1.165) is 0 Å². The molecule has 2 aromatic heterocycles. The van der Waals surface area contributed by atoms with Crippen LogP contribution in [0.3, 0.4) is 0 Å². The van der Waals surface area contributed by atoms with Gasteiger partial charge < -0.3 is 9.63 Å². The fraction of sp³-hybridized carbons (Fsp3) is 0.133. The van der Waals surface area contributed by atoms with Gasteiger partial charge in [0.2, 0.25) is 5.82 Å². The van der Waals surface area contributed by atoms with Gasteiger partial charge in [-0.2, -0.15) is 4.98 Å². The number of hydrogen-bond acceptors (Lipinski definition) is 5. The molecule has 21 heavy (non-hydrogen) atoms. The third-order valence-electron chi connectivity index (χ3n) is 3.19. The lowest BCUT2D eigenvalue weighted by Crippen LogP contribution is -2.23. The Balaban J connectivity index is 1.96. The topological polar surface area (TPSA) is 72.0 Å². The van der Waals surface area contributed by atoms with Gasteiger partial charge in [0.1, 0.15) is 5.82 Å².